The first kappa shape index (κ1) is 15.0. The maximum atomic E-state index is 10.6. The van der Waals surface area contributed by atoms with E-state index in [4.69, 9.17) is 14.6 Å². The number of carboxylic acids is 1. The second-order valence-corrected chi connectivity index (χ2v) is 4.00. The fourth-order valence-electron chi connectivity index (χ4n) is 1.52. The van der Waals surface area contributed by atoms with Crippen molar-refractivity contribution in [1.82, 2.24) is 5.32 Å². The van der Waals surface area contributed by atoms with E-state index in [0.717, 1.165) is 17.1 Å². The average molecular weight is 265 g/mol. The number of benzene rings is 1. The molecule has 2 N–H and O–H groups in total. The minimum absolute atomic E-state index is 0.328. The zero-order valence-electron chi connectivity index (χ0n) is 11.4. The summed E-state index contributed by atoms with van der Waals surface area (Å²) < 4.78 is 10.4. The van der Waals surface area contributed by atoms with Crippen LogP contribution in [-0.2, 0) is 11.3 Å². The van der Waals surface area contributed by atoms with Gasteiger partial charge < -0.3 is 19.9 Å². The van der Waals surface area contributed by atoms with Crippen molar-refractivity contribution in [3.63, 3.8) is 0 Å². The van der Waals surface area contributed by atoms with Crippen LogP contribution in [0.1, 0.15) is 12.5 Å². The molecule has 0 aliphatic carbocycles. The molecule has 0 spiro atoms. The van der Waals surface area contributed by atoms with Crippen molar-refractivity contribution in [2.24, 2.45) is 0 Å². The largest absolute Gasteiger partial charge is 0.497 e. The van der Waals surface area contributed by atoms with Crippen LogP contribution in [0.25, 0.3) is 0 Å². The summed E-state index contributed by atoms with van der Waals surface area (Å²) in [4.78, 5) is 10.6. The van der Waals surface area contributed by atoms with Crippen LogP contribution in [0.4, 0.5) is 0 Å². The van der Waals surface area contributed by atoms with Crippen LogP contribution in [0.3, 0.4) is 0 Å². The number of carbonyl (C=O) groups is 1. The van der Waals surface area contributed by atoms with E-state index in [2.05, 4.69) is 5.32 Å². The Morgan fingerprint density at radius 1 is 1.37 bits per heavy atom. The fraction of sp³-hybridized carbons (Fsp3) is 0.357. The first-order chi connectivity index (χ1) is 9.08. The van der Waals surface area contributed by atoms with E-state index < -0.39 is 5.97 Å². The minimum atomic E-state index is -0.899. The van der Waals surface area contributed by atoms with Gasteiger partial charge >= 0.3 is 5.97 Å². The maximum absolute atomic E-state index is 10.6. The first-order valence-corrected chi connectivity index (χ1v) is 5.90. The lowest BCUT2D eigenvalue weighted by atomic mass is 10.2. The molecule has 0 aliphatic heterocycles. The Kier molecular flexibility index (Phi) is 5.89. The molecule has 0 fully saturated rings. The molecule has 0 unspecified atom stereocenters. The molecule has 5 heteroatoms. The van der Waals surface area contributed by atoms with E-state index in [1.807, 2.05) is 18.2 Å². The number of hydrogen-bond acceptors (Lipinski definition) is 4. The van der Waals surface area contributed by atoms with Crippen LogP contribution < -0.4 is 14.8 Å². The minimum Gasteiger partial charge on any atom is -0.497 e. The molecule has 0 saturated heterocycles. The van der Waals surface area contributed by atoms with Crippen LogP contribution in [-0.4, -0.2) is 31.8 Å². The highest BCUT2D eigenvalue weighted by Gasteiger charge is 2.04. The summed E-state index contributed by atoms with van der Waals surface area (Å²) in [5.41, 5.74) is 1.32. The van der Waals surface area contributed by atoms with Gasteiger partial charge in [-0.2, -0.15) is 0 Å². The number of carboxylic acid groups (broad SMARTS) is 1. The molecule has 0 amide bonds. The van der Waals surface area contributed by atoms with Crippen molar-refractivity contribution < 1.29 is 19.4 Å². The van der Waals surface area contributed by atoms with Gasteiger partial charge in [0.25, 0.3) is 0 Å². The van der Waals surface area contributed by atoms with Gasteiger partial charge in [-0.05, 0) is 13.0 Å². The smallest absolute Gasteiger partial charge is 0.330 e. The second-order valence-electron chi connectivity index (χ2n) is 4.00. The summed E-state index contributed by atoms with van der Waals surface area (Å²) in [5, 5.41) is 11.8. The molecule has 0 bridgehead atoms. The van der Waals surface area contributed by atoms with Gasteiger partial charge in [0.15, 0.2) is 0 Å². The lowest BCUT2D eigenvalue weighted by Crippen LogP contribution is -2.14. The van der Waals surface area contributed by atoms with Crippen LogP contribution in [0.2, 0.25) is 0 Å². The molecule has 1 aromatic rings. The van der Waals surface area contributed by atoms with Crippen molar-refractivity contribution in [3.8, 4) is 11.5 Å². The van der Waals surface area contributed by atoms with Crippen molar-refractivity contribution >= 4 is 5.97 Å². The van der Waals surface area contributed by atoms with Crippen molar-refractivity contribution in [2.75, 3.05) is 20.8 Å². The van der Waals surface area contributed by atoms with Gasteiger partial charge in [0.05, 0.1) is 14.2 Å². The fourth-order valence-corrected chi connectivity index (χ4v) is 1.52. The number of hydrogen-bond donors (Lipinski definition) is 2. The highest BCUT2D eigenvalue weighted by Crippen LogP contribution is 2.24. The third-order valence-corrected chi connectivity index (χ3v) is 2.70. The molecule has 19 heavy (non-hydrogen) atoms. The molecular formula is C14H19NO4. The summed E-state index contributed by atoms with van der Waals surface area (Å²) in [7, 11) is 3.21. The number of rotatable bonds is 7. The Hall–Kier alpha value is -2.01. The summed E-state index contributed by atoms with van der Waals surface area (Å²) in [5.74, 6) is 0.580. The Balaban J connectivity index is 2.58. The number of aliphatic carboxylic acids is 1. The van der Waals surface area contributed by atoms with Gasteiger partial charge in [0.2, 0.25) is 0 Å². The van der Waals surface area contributed by atoms with E-state index in [1.165, 1.54) is 0 Å². The zero-order valence-corrected chi connectivity index (χ0v) is 11.4. The molecular weight excluding hydrogens is 246 g/mol. The van der Waals surface area contributed by atoms with Crippen LogP contribution in [0.15, 0.2) is 29.8 Å². The number of nitrogens with one attached hydrogen (secondary N) is 1. The number of ether oxygens (including phenoxy) is 2. The average Bonchev–Trinajstić information content (AvgIpc) is 2.43. The summed E-state index contributed by atoms with van der Waals surface area (Å²) >= 11 is 0. The maximum Gasteiger partial charge on any atom is 0.330 e. The van der Waals surface area contributed by atoms with Gasteiger partial charge in [-0.15, -0.1) is 0 Å². The normalized spacial score (nSPS) is 11.2. The summed E-state index contributed by atoms with van der Waals surface area (Å²) in [6.07, 6.45) is 1.64. The lowest BCUT2D eigenvalue weighted by Gasteiger charge is -2.10. The van der Waals surface area contributed by atoms with E-state index in [1.54, 1.807) is 27.2 Å². The van der Waals surface area contributed by atoms with E-state index in [9.17, 15) is 4.79 Å². The van der Waals surface area contributed by atoms with E-state index in [0.29, 0.717) is 18.7 Å². The van der Waals surface area contributed by atoms with Crippen molar-refractivity contribution in [3.05, 3.63) is 35.4 Å². The van der Waals surface area contributed by atoms with Gasteiger partial charge in [0.1, 0.15) is 11.5 Å². The predicted molar refractivity (Wildman–Crippen MR) is 72.6 cm³/mol. The van der Waals surface area contributed by atoms with Crippen molar-refractivity contribution in [1.29, 1.82) is 0 Å². The van der Waals surface area contributed by atoms with Crippen LogP contribution in [0.5, 0.6) is 11.5 Å². The summed E-state index contributed by atoms with van der Waals surface area (Å²) in [6, 6.07) is 5.59. The predicted octanol–water partition coefficient (Wildman–Crippen LogP) is 1.82. The van der Waals surface area contributed by atoms with Gasteiger partial charge in [-0.25, -0.2) is 4.79 Å². The Labute approximate surface area is 112 Å². The third-order valence-electron chi connectivity index (χ3n) is 2.70. The highest BCUT2D eigenvalue weighted by atomic mass is 16.5. The molecule has 1 aromatic carbocycles. The molecule has 0 aromatic heterocycles. The Bertz CT molecular complexity index is 469. The third kappa shape index (κ3) is 4.63. The molecule has 0 aliphatic rings. The van der Waals surface area contributed by atoms with Crippen LogP contribution in [0, 0.1) is 0 Å². The Morgan fingerprint density at radius 2 is 2.11 bits per heavy atom. The van der Waals surface area contributed by atoms with Gasteiger partial charge in [-0.1, -0.05) is 12.1 Å². The zero-order chi connectivity index (χ0) is 14.3. The summed E-state index contributed by atoms with van der Waals surface area (Å²) in [6.45, 7) is 2.65. The monoisotopic (exact) mass is 265 g/mol. The standard InChI is InChI=1S/C14H19NO4/c1-10(14(16)17)6-7-15-9-11-4-5-12(18-2)8-13(11)19-3/h4-6,8,15H,7,9H2,1-3H3,(H,16,17)/b10-6-. The van der Waals surface area contributed by atoms with E-state index in [-0.39, 0.29) is 0 Å². The molecule has 5 nitrogen and oxygen atoms in total. The second kappa shape index (κ2) is 7.43. The Morgan fingerprint density at radius 3 is 2.68 bits per heavy atom. The van der Waals surface area contributed by atoms with Crippen LogP contribution >= 0.6 is 0 Å². The molecule has 0 heterocycles. The highest BCUT2D eigenvalue weighted by molar-refractivity contribution is 5.85. The molecule has 1 rings (SSSR count). The topological polar surface area (TPSA) is 67.8 Å². The molecule has 104 valence electrons. The number of methoxy groups -OCH3 is 2. The first-order valence-electron chi connectivity index (χ1n) is 5.90. The quantitative estimate of drug-likeness (QED) is 0.581. The molecule has 0 saturated carbocycles. The van der Waals surface area contributed by atoms with Crippen molar-refractivity contribution in [2.45, 2.75) is 13.5 Å². The van der Waals surface area contributed by atoms with Gasteiger partial charge in [0, 0.05) is 30.3 Å². The molecule has 0 radical (unpaired) electrons. The van der Waals surface area contributed by atoms with Gasteiger partial charge in [-0.3, -0.25) is 0 Å². The molecule has 0 atom stereocenters. The SMILES string of the molecule is COc1ccc(CNC/C=C(/C)C(=O)O)c(OC)c1. The van der Waals surface area contributed by atoms with E-state index >= 15 is 0 Å². The lowest BCUT2D eigenvalue weighted by molar-refractivity contribution is -0.132.